The Kier molecular flexibility index (Phi) is 8.37. The molecule has 2 unspecified atom stereocenters. The van der Waals surface area contributed by atoms with Crippen LogP contribution >= 0.6 is 0 Å². The van der Waals surface area contributed by atoms with E-state index in [2.05, 4.69) is 5.32 Å². The van der Waals surface area contributed by atoms with Gasteiger partial charge in [-0.15, -0.1) is 0 Å². The summed E-state index contributed by atoms with van der Waals surface area (Å²) in [6, 6.07) is 15.8. The molecule has 0 fully saturated rings. The number of carbonyl (C=O) groups excluding carboxylic acids is 2. The number of amides is 2. The highest BCUT2D eigenvalue weighted by atomic mass is 19.4. The second kappa shape index (κ2) is 11.2. The fourth-order valence-corrected chi connectivity index (χ4v) is 4.13. The van der Waals surface area contributed by atoms with Gasteiger partial charge in [0.15, 0.2) is 5.92 Å². The van der Waals surface area contributed by atoms with Crippen LogP contribution in [0.4, 0.5) is 18.0 Å². The smallest absolute Gasteiger partial charge is 0.407 e. The van der Waals surface area contributed by atoms with Crippen LogP contribution in [0.3, 0.4) is 0 Å². The summed E-state index contributed by atoms with van der Waals surface area (Å²) in [4.78, 5) is 35.1. The van der Waals surface area contributed by atoms with Crippen LogP contribution in [0.2, 0.25) is 0 Å². The number of benzene rings is 2. The van der Waals surface area contributed by atoms with Crippen LogP contribution < -0.4 is 10.6 Å². The van der Waals surface area contributed by atoms with Crippen LogP contribution in [0.5, 0.6) is 0 Å². The number of rotatable bonds is 10. The molecular weight excluding hydrogens is 465 g/mol. The Hall–Kier alpha value is -3.56. The van der Waals surface area contributed by atoms with Gasteiger partial charge in [0.05, 0.1) is 0 Å². The van der Waals surface area contributed by atoms with Crippen molar-refractivity contribution in [3.8, 4) is 11.1 Å². The highest BCUT2D eigenvalue weighted by Crippen LogP contribution is 2.44. The average Bonchev–Trinajstić information content (AvgIpc) is 3.13. The van der Waals surface area contributed by atoms with Gasteiger partial charge < -0.3 is 20.5 Å². The number of aliphatic carboxylic acids is 1. The lowest BCUT2D eigenvalue weighted by Crippen LogP contribution is -2.42. The van der Waals surface area contributed by atoms with E-state index in [0.29, 0.717) is 6.42 Å². The van der Waals surface area contributed by atoms with E-state index in [9.17, 15) is 27.6 Å². The topological polar surface area (TPSA) is 105 Å². The third kappa shape index (κ3) is 6.52. The standard InChI is InChI=1S/C25H27F3N2O5/c1-2-15(11-22(31)29-13-21(23(32)33)25(26,27)28)12-30-24(34)35-14-20-18-9-5-3-7-16(18)17-8-4-6-10-19(17)20/h3-10,15,20-21H,2,11-14H2,1H3,(H,29,31)(H,30,34)(H,32,33). The molecular formula is C25H27F3N2O5. The van der Waals surface area contributed by atoms with E-state index < -0.39 is 36.6 Å². The molecule has 0 heterocycles. The molecule has 0 aromatic heterocycles. The quantitative estimate of drug-likeness (QED) is 0.458. The molecule has 3 rings (SSSR count). The predicted molar refractivity (Wildman–Crippen MR) is 122 cm³/mol. The summed E-state index contributed by atoms with van der Waals surface area (Å²) in [5, 5.41) is 13.3. The first-order chi connectivity index (χ1) is 16.6. The van der Waals surface area contributed by atoms with Crippen molar-refractivity contribution in [2.75, 3.05) is 19.7 Å². The van der Waals surface area contributed by atoms with Gasteiger partial charge in [0, 0.05) is 25.4 Å². The summed E-state index contributed by atoms with van der Waals surface area (Å²) in [6.45, 7) is 0.939. The number of nitrogens with one attached hydrogen (secondary N) is 2. The van der Waals surface area contributed by atoms with E-state index in [1.807, 2.05) is 53.8 Å². The molecule has 1 aliphatic rings. The lowest BCUT2D eigenvalue weighted by Gasteiger charge is -2.19. The van der Waals surface area contributed by atoms with Crippen LogP contribution in [-0.2, 0) is 14.3 Å². The molecule has 0 spiro atoms. The average molecular weight is 492 g/mol. The van der Waals surface area contributed by atoms with E-state index in [4.69, 9.17) is 9.84 Å². The van der Waals surface area contributed by atoms with Crippen molar-refractivity contribution < 1.29 is 37.4 Å². The molecule has 0 radical (unpaired) electrons. The van der Waals surface area contributed by atoms with Gasteiger partial charge in [-0.25, -0.2) is 4.79 Å². The summed E-state index contributed by atoms with van der Waals surface area (Å²) < 4.78 is 43.6. The van der Waals surface area contributed by atoms with Crippen molar-refractivity contribution >= 4 is 18.0 Å². The van der Waals surface area contributed by atoms with Crippen molar-refractivity contribution in [3.63, 3.8) is 0 Å². The highest BCUT2D eigenvalue weighted by molar-refractivity contribution is 5.79. The Morgan fingerprint density at radius 2 is 1.54 bits per heavy atom. The van der Waals surface area contributed by atoms with E-state index in [1.165, 1.54) is 0 Å². The molecule has 2 amide bonds. The Morgan fingerprint density at radius 1 is 0.971 bits per heavy atom. The van der Waals surface area contributed by atoms with Gasteiger partial charge in [-0.2, -0.15) is 13.2 Å². The maximum atomic E-state index is 12.7. The number of halogens is 3. The van der Waals surface area contributed by atoms with Crippen LogP contribution in [0.15, 0.2) is 48.5 Å². The second-order valence-corrected chi connectivity index (χ2v) is 8.42. The van der Waals surface area contributed by atoms with E-state index in [1.54, 1.807) is 6.92 Å². The molecule has 0 aliphatic heterocycles. The number of fused-ring (bicyclic) bond motifs is 3. The van der Waals surface area contributed by atoms with Crippen molar-refractivity contribution in [1.82, 2.24) is 10.6 Å². The fraction of sp³-hybridized carbons (Fsp3) is 0.400. The predicted octanol–water partition coefficient (Wildman–Crippen LogP) is 4.32. The molecule has 2 aromatic carbocycles. The first kappa shape index (κ1) is 26.1. The minimum atomic E-state index is -4.96. The second-order valence-electron chi connectivity index (χ2n) is 8.42. The van der Waals surface area contributed by atoms with E-state index in [-0.39, 0.29) is 31.4 Å². The number of hydrogen-bond acceptors (Lipinski definition) is 4. The fourth-order valence-electron chi connectivity index (χ4n) is 4.13. The Morgan fingerprint density at radius 3 is 2.06 bits per heavy atom. The lowest BCUT2D eigenvalue weighted by molar-refractivity contribution is -0.192. The van der Waals surface area contributed by atoms with Crippen molar-refractivity contribution in [3.05, 3.63) is 59.7 Å². The molecule has 1 aliphatic carbocycles. The van der Waals surface area contributed by atoms with Gasteiger partial charge in [0.25, 0.3) is 0 Å². The summed E-state index contributed by atoms with van der Waals surface area (Å²) in [5.41, 5.74) is 4.35. The number of carboxylic acid groups (broad SMARTS) is 1. The molecule has 2 aromatic rings. The highest BCUT2D eigenvalue weighted by Gasteiger charge is 2.45. The van der Waals surface area contributed by atoms with Crippen LogP contribution in [0, 0.1) is 11.8 Å². The first-order valence-corrected chi connectivity index (χ1v) is 11.3. The summed E-state index contributed by atoms with van der Waals surface area (Å²) in [5.74, 6) is -5.91. The number of alkyl halides is 3. The van der Waals surface area contributed by atoms with Crippen LogP contribution in [0.1, 0.15) is 36.8 Å². The SMILES string of the molecule is CCC(CNC(=O)OCC1c2ccccc2-c2ccccc21)CC(=O)NCC(C(=O)O)C(F)(F)F. The number of alkyl carbamates (subject to hydrolysis) is 1. The molecule has 0 bridgehead atoms. The molecule has 0 saturated heterocycles. The monoisotopic (exact) mass is 492 g/mol. The molecule has 2 atom stereocenters. The zero-order valence-corrected chi connectivity index (χ0v) is 19.1. The van der Waals surface area contributed by atoms with Crippen LogP contribution in [0.25, 0.3) is 11.1 Å². The number of carbonyl (C=O) groups is 3. The molecule has 3 N–H and O–H groups in total. The number of ether oxygens (including phenoxy) is 1. The number of hydrogen-bond donors (Lipinski definition) is 3. The lowest BCUT2D eigenvalue weighted by atomic mass is 9.98. The molecule has 7 nitrogen and oxygen atoms in total. The zero-order chi connectivity index (χ0) is 25.6. The third-order valence-electron chi connectivity index (χ3n) is 6.13. The van der Waals surface area contributed by atoms with Gasteiger partial charge in [-0.05, 0) is 28.2 Å². The minimum Gasteiger partial charge on any atom is -0.481 e. The van der Waals surface area contributed by atoms with Gasteiger partial charge in [0.2, 0.25) is 5.91 Å². The molecule has 0 saturated carbocycles. The molecule has 188 valence electrons. The zero-order valence-electron chi connectivity index (χ0n) is 19.1. The van der Waals surface area contributed by atoms with E-state index >= 15 is 0 Å². The van der Waals surface area contributed by atoms with E-state index in [0.717, 1.165) is 22.3 Å². The van der Waals surface area contributed by atoms with Gasteiger partial charge in [-0.1, -0.05) is 61.9 Å². The molecule has 35 heavy (non-hydrogen) atoms. The van der Waals surface area contributed by atoms with Crippen LogP contribution in [-0.4, -0.2) is 48.9 Å². The minimum absolute atomic E-state index is 0.0855. The normalized spacial score (nSPS) is 14.4. The number of carboxylic acids is 1. The maximum Gasteiger partial charge on any atom is 0.407 e. The van der Waals surface area contributed by atoms with Gasteiger partial charge >= 0.3 is 18.2 Å². The van der Waals surface area contributed by atoms with Crippen molar-refractivity contribution in [2.45, 2.75) is 31.9 Å². The Labute approximate surface area is 200 Å². The van der Waals surface area contributed by atoms with Crippen molar-refractivity contribution in [2.24, 2.45) is 11.8 Å². The van der Waals surface area contributed by atoms with Gasteiger partial charge in [0.1, 0.15) is 6.61 Å². The largest absolute Gasteiger partial charge is 0.481 e. The first-order valence-electron chi connectivity index (χ1n) is 11.3. The van der Waals surface area contributed by atoms with Gasteiger partial charge in [-0.3, -0.25) is 9.59 Å². The third-order valence-corrected chi connectivity index (χ3v) is 6.13. The summed E-state index contributed by atoms with van der Waals surface area (Å²) in [6.07, 6.45) is -5.31. The Balaban J connectivity index is 1.47. The molecule has 10 heteroatoms. The van der Waals surface area contributed by atoms with Crippen molar-refractivity contribution in [1.29, 1.82) is 0 Å². The maximum absolute atomic E-state index is 12.7. The summed E-state index contributed by atoms with van der Waals surface area (Å²) in [7, 11) is 0. The Bertz CT molecular complexity index is 1030. The summed E-state index contributed by atoms with van der Waals surface area (Å²) >= 11 is 0.